The quantitative estimate of drug-likeness (QED) is 0.253. The van der Waals surface area contributed by atoms with Gasteiger partial charge >= 0.3 is 5.97 Å². The Balaban J connectivity index is 2.08. The maximum atomic E-state index is 12.0. The zero-order chi connectivity index (χ0) is 17.7. The lowest BCUT2D eigenvalue weighted by Crippen LogP contribution is -2.15. The molecule has 2 aromatic rings. The van der Waals surface area contributed by atoms with Crippen molar-refractivity contribution in [2.24, 2.45) is 0 Å². The summed E-state index contributed by atoms with van der Waals surface area (Å²) in [6.07, 6.45) is 1.91. The predicted molar refractivity (Wildman–Crippen MR) is 90.9 cm³/mol. The lowest BCUT2D eigenvalue weighted by molar-refractivity contribution is -0.385. The second kappa shape index (κ2) is 7.94. The molecule has 0 aromatic heterocycles. The molecular formula is C16H12ClNO5S. The molecule has 0 N–H and O–H groups in total. The molecule has 0 aliphatic rings. The van der Waals surface area contributed by atoms with Crippen molar-refractivity contribution in [3.63, 3.8) is 0 Å². The largest absolute Gasteiger partial charge is 0.454 e. The Morgan fingerprint density at radius 1 is 1.21 bits per heavy atom. The minimum absolute atomic E-state index is 0.159. The summed E-state index contributed by atoms with van der Waals surface area (Å²) in [6.45, 7) is -0.513. The maximum Gasteiger partial charge on any atom is 0.345 e. The van der Waals surface area contributed by atoms with Gasteiger partial charge < -0.3 is 4.74 Å². The van der Waals surface area contributed by atoms with Crippen molar-refractivity contribution in [2.75, 3.05) is 12.9 Å². The van der Waals surface area contributed by atoms with Crippen LogP contribution in [0.25, 0.3) is 0 Å². The summed E-state index contributed by atoms with van der Waals surface area (Å²) in [5, 5.41) is 11.1. The highest BCUT2D eigenvalue weighted by Crippen LogP contribution is 2.23. The first-order valence-corrected chi connectivity index (χ1v) is 8.31. The lowest BCUT2D eigenvalue weighted by Gasteiger charge is -2.06. The smallest absolute Gasteiger partial charge is 0.345 e. The third kappa shape index (κ3) is 4.33. The molecule has 0 spiro atoms. The molecule has 124 valence electrons. The molecule has 0 saturated heterocycles. The van der Waals surface area contributed by atoms with Crippen LogP contribution < -0.4 is 0 Å². The summed E-state index contributed by atoms with van der Waals surface area (Å²) >= 11 is 7.29. The molecule has 0 atom stereocenters. The van der Waals surface area contributed by atoms with Crippen LogP contribution in [0.3, 0.4) is 0 Å². The Morgan fingerprint density at radius 3 is 2.46 bits per heavy atom. The minimum atomic E-state index is -0.974. The molecule has 0 fully saturated rings. The Morgan fingerprint density at radius 2 is 1.88 bits per heavy atom. The van der Waals surface area contributed by atoms with Gasteiger partial charge in [-0.15, -0.1) is 11.8 Å². The number of nitro benzene ring substituents is 1. The molecule has 0 heterocycles. The fourth-order valence-corrected chi connectivity index (χ4v) is 2.48. The molecule has 0 bridgehead atoms. The fourth-order valence-electron chi connectivity index (χ4n) is 1.90. The Kier molecular flexibility index (Phi) is 5.94. The number of esters is 1. The van der Waals surface area contributed by atoms with E-state index in [1.54, 1.807) is 24.3 Å². The van der Waals surface area contributed by atoms with Crippen LogP contribution in [0.1, 0.15) is 20.7 Å². The molecule has 0 amide bonds. The summed E-state index contributed by atoms with van der Waals surface area (Å²) in [4.78, 5) is 35.3. The van der Waals surface area contributed by atoms with E-state index in [0.717, 1.165) is 17.0 Å². The topological polar surface area (TPSA) is 86.5 Å². The van der Waals surface area contributed by atoms with Crippen LogP contribution in [0.15, 0.2) is 47.4 Å². The fraction of sp³-hybridized carbons (Fsp3) is 0.125. The van der Waals surface area contributed by atoms with Crippen LogP contribution in [0, 0.1) is 10.1 Å². The molecule has 0 radical (unpaired) electrons. The zero-order valence-corrected chi connectivity index (χ0v) is 14.1. The second-order valence-corrected chi connectivity index (χ2v) is 5.96. The Labute approximate surface area is 146 Å². The summed E-state index contributed by atoms with van der Waals surface area (Å²) < 4.78 is 4.89. The number of benzene rings is 2. The van der Waals surface area contributed by atoms with E-state index in [4.69, 9.17) is 16.3 Å². The van der Waals surface area contributed by atoms with E-state index in [1.165, 1.54) is 17.8 Å². The monoisotopic (exact) mass is 365 g/mol. The number of ketones is 1. The molecule has 8 heteroatoms. The molecule has 0 unspecified atom stereocenters. The SMILES string of the molecule is CSc1ccc(C(=O)COC(=O)c2cc(Cl)ccc2[N+](=O)[O-])cc1. The number of hydrogen-bond acceptors (Lipinski definition) is 6. The van der Waals surface area contributed by atoms with Crippen LogP contribution in [-0.2, 0) is 4.74 Å². The number of carbonyl (C=O) groups is 2. The van der Waals surface area contributed by atoms with Crippen molar-refractivity contribution in [3.05, 3.63) is 68.7 Å². The van der Waals surface area contributed by atoms with Crippen molar-refractivity contribution in [1.82, 2.24) is 0 Å². The van der Waals surface area contributed by atoms with E-state index in [9.17, 15) is 19.7 Å². The van der Waals surface area contributed by atoms with Gasteiger partial charge in [-0.1, -0.05) is 23.7 Å². The molecule has 0 aliphatic heterocycles. The summed E-state index contributed by atoms with van der Waals surface area (Å²) in [7, 11) is 0. The van der Waals surface area contributed by atoms with Gasteiger partial charge in [-0.3, -0.25) is 14.9 Å². The third-order valence-electron chi connectivity index (χ3n) is 3.12. The van der Waals surface area contributed by atoms with E-state index in [0.29, 0.717) is 5.56 Å². The number of ether oxygens (including phenoxy) is 1. The number of Topliss-reactive ketones (excluding diaryl/α,β-unsaturated/α-hetero) is 1. The van der Waals surface area contributed by atoms with Crippen LogP contribution in [-0.4, -0.2) is 29.5 Å². The van der Waals surface area contributed by atoms with Crippen LogP contribution in [0.5, 0.6) is 0 Å². The van der Waals surface area contributed by atoms with E-state index in [2.05, 4.69) is 0 Å². The van der Waals surface area contributed by atoms with Gasteiger partial charge in [0.25, 0.3) is 5.69 Å². The Hall–Kier alpha value is -2.38. The van der Waals surface area contributed by atoms with Crippen molar-refractivity contribution in [2.45, 2.75) is 4.90 Å². The Bertz CT molecular complexity index is 792. The van der Waals surface area contributed by atoms with Crippen LogP contribution >= 0.6 is 23.4 Å². The zero-order valence-electron chi connectivity index (χ0n) is 12.5. The van der Waals surface area contributed by atoms with Gasteiger partial charge in [0.2, 0.25) is 0 Å². The maximum absolute atomic E-state index is 12.0. The second-order valence-electron chi connectivity index (χ2n) is 4.65. The van der Waals surface area contributed by atoms with E-state index in [1.807, 2.05) is 6.26 Å². The van der Waals surface area contributed by atoms with Gasteiger partial charge in [-0.25, -0.2) is 4.79 Å². The highest BCUT2D eigenvalue weighted by Gasteiger charge is 2.22. The molecule has 2 aromatic carbocycles. The molecule has 2 rings (SSSR count). The number of nitrogens with zero attached hydrogens (tertiary/aromatic N) is 1. The number of hydrogen-bond donors (Lipinski definition) is 0. The van der Waals surface area contributed by atoms with Gasteiger partial charge in [-0.2, -0.15) is 0 Å². The first-order chi connectivity index (χ1) is 11.4. The lowest BCUT2D eigenvalue weighted by atomic mass is 10.1. The van der Waals surface area contributed by atoms with Gasteiger partial charge in [0, 0.05) is 21.5 Å². The van der Waals surface area contributed by atoms with Gasteiger partial charge in [0.1, 0.15) is 5.56 Å². The predicted octanol–water partition coefficient (Wildman–Crippen LogP) is 4.01. The van der Waals surface area contributed by atoms with Crippen molar-refractivity contribution in [1.29, 1.82) is 0 Å². The summed E-state index contributed by atoms with van der Waals surface area (Å²) in [6, 6.07) is 10.4. The molecule has 24 heavy (non-hydrogen) atoms. The van der Waals surface area contributed by atoms with Crippen molar-refractivity contribution in [3.8, 4) is 0 Å². The van der Waals surface area contributed by atoms with Crippen molar-refractivity contribution < 1.29 is 19.2 Å². The van der Waals surface area contributed by atoms with Crippen LogP contribution in [0.4, 0.5) is 5.69 Å². The number of thioether (sulfide) groups is 1. The first kappa shape index (κ1) is 18.0. The first-order valence-electron chi connectivity index (χ1n) is 6.70. The third-order valence-corrected chi connectivity index (χ3v) is 4.10. The summed E-state index contributed by atoms with van der Waals surface area (Å²) in [5.41, 5.74) is -0.333. The number of rotatable bonds is 6. The molecule has 0 saturated carbocycles. The average molecular weight is 366 g/mol. The van der Waals surface area contributed by atoms with Crippen molar-refractivity contribution >= 4 is 40.8 Å². The van der Waals surface area contributed by atoms with E-state index >= 15 is 0 Å². The standard InChI is InChI=1S/C16H12ClNO5S/c1-24-12-5-2-10(3-6-12)15(19)9-23-16(20)13-8-11(17)4-7-14(13)18(21)22/h2-8H,9H2,1H3. The van der Waals surface area contributed by atoms with Gasteiger partial charge in [0.15, 0.2) is 12.4 Å². The van der Waals surface area contributed by atoms with Gasteiger partial charge in [0.05, 0.1) is 4.92 Å². The number of nitro groups is 1. The molecule has 6 nitrogen and oxygen atoms in total. The van der Waals surface area contributed by atoms with E-state index < -0.39 is 29.0 Å². The van der Waals surface area contributed by atoms with Crippen LogP contribution in [0.2, 0.25) is 5.02 Å². The minimum Gasteiger partial charge on any atom is -0.454 e. The normalized spacial score (nSPS) is 10.2. The molecular weight excluding hydrogens is 354 g/mol. The summed E-state index contributed by atoms with van der Waals surface area (Å²) in [5.74, 6) is -1.38. The highest BCUT2D eigenvalue weighted by molar-refractivity contribution is 7.98. The van der Waals surface area contributed by atoms with E-state index in [-0.39, 0.29) is 10.6 Å². The van der Waals surface area contributed by atoms with Gasteiger partial charge in [-0.05, 0) is 30.5 Å². The number of carbonyl (C=O) groups excluding carboxylic acids is 2. The average Bonchev–Trinajstić information content (AvgIpc) is 2.59. The molecule has 0 aliphatic carbocycles. The number of halogens is 1. The highest BCUT2D eigenvalue weighted by atomic mass is 35.5.